The Morgan fingerprint density at radius 3 is 2.92 bits per heavy atom. The van der Waals surface area contributed by atoms with Crippen molar-refractivity contribution in [3.63, 3.8) is 0 Å². The number of carbonyl (C=O) groups is 1. The normalized spacial score (nSPS) is 23.1. The number of imidazole rings is 1. The van der Waals surface area contributed by atoms with Gasteiger partial charge < -0.3 is 18.9 Å². The minimum absolute atomic E-state index is 0.00646. The molecule has 24 heavy (non-hydrogen) atoms. The molecule has 0 N–H and O–H groups in total. The number of hydrogen-bond acceptors (Lipinski definition) is 4. The molecule has 2 aromatic rings. The number of piperidine rings is 1. The quantitative estimate of drug-likeness (QED) is 0.848. The van der Waals surface area contributed by atoms with Crippen LogP contribution in [-0.4, -0.2) is 46.2 Å². The first-order chi connectivity index (χ1) is 11.7. The summed E-state index contributed by atoms with van der Waals surface area (Å²) in [5, 5.41) is 0. The molecule has 1 saturated heterocycles. The van der Waals surface area contributed by atoms with Crippen molar-refractivity contribution in [1.29, 1.82) is 0 Å². The fourth-order valence-electron chi connectivity index (χ4n) is 3.50. The zero-order valence-corrected chi connectivity index (χ0v) is 13.7. The largest absolute Gasteiger partial charge is 0.485 e. The van der Waals surface area contributed by atoms with Crippen molar-refractivity contribution in [2.75, 3.05) is 19.7 Å². The SMILES string of the molecule is Cc1nccn1C1CCCN(C(=O)C2COc3ccccc3O2)C1. The van der Waals surface area contributed by atoms with Crippen molar-refractivity contribution in [3.8, 4) is 11.5 Å². The number of ether oxygens (including phenoxy) is 2. The predicted molar refractivity (Wildman–Crippen MR) is 88.2 cm³/mol. The third-order valence-electron chi connectivity index (χ3n) is 4.75. The van der Waals surface area contributed by atoms with Crippen LogP contribution in [0.25, 0.3) is 0 Å². The molecule has 126 valence electrons. The van der Waals surface area contributed by atoms with Crippen LogP contribution < -0.4 is 9.47 Å². The van der Waals surface area contributed by atoms with E-state index in [4.69, 9.17) is 9.47 Å². The number of aromatic nitrogens is 2. The van der Waals surface area contributed by atoms with Crippen molar-refractivity contribution >= 4 is 5.91 Å². The Bertz CT molecular complexity index is 743. The summed E-state index contributed by atoms with van der Waals surface area (Å²) in [5.41, 5.74) is 0. The van der Waals surface area contributed by atoms with Gasteiger partial charge >= 0.3 is 0 Å². The molecule has 3 heterocycles. The van der Waals surface area contributed by atoms with Crippen molar-refractivity contribution in [1.82, 2.24) is 14.5 Å². The van der Waals surface area contributed by atoms with Crippen LogP contribution in [0.15, 0.2) is 36.7 Å². The third kappa shape index (κ3) is 2.72. The maximum absolute atomic E-state index is 12.9. The molecule has 0 bridgehead atoms. The van der Waals surface area contributed by atoms with Crippen molar-refractivity contribution in [3.05, 3.63) is 42.5 Å². The van der Waals surface area contributed by atoms with Crippen LogP contribution in [0.2, 0.25) is 0 Å². The first-order valence-corrected chi connectivity index (χ1v) is 8.39. The Hall–Kier alpha value is -2.50. The van der Waals surface area contributed by atoms with E-state index < -0.39 is 6.10 Å². The lowest BCUT2D eigenvalue weighted by Crippen LogP contribution is -2.50. The molecule has 2 atom stereocenters. The molecule has 1 fully saturated rings. The van der Waals surface area contributed by atoms with Gasteiger partial charge in [0.1, 0.15) is 12.4 Å². The van der Waals surface area contributed by atoms with E-state index in [1.165, 1.54) is 0 Å². The van der Waals surface area contributed by atoms with Gasteiger partial charge in [-0.3, -0.25) is 4.79 Å². The zero-order chi connectivity index (χ0) is 16.5. The van der Waals surface area contributed by atoms with Gasteiger partial charge in [0.05, 0.1) is 6.04 Å². The predicted octanol–water partition coefficient (Wildman–Crippen LogP) is 2.20. The first-order valence-electron chi connectivity index (χ1n) is 8.39. The average molecular weight is 327 g/mol. The summed E-state index contributed by atoms with van der Waals surface area (Å²) >= 11 is 0. The van der Waals surface area contributed by atoms with Crippen LogP contribution in [0.4, 0.5) is 0 Å². The molecule has 6 nitrogen and oxygen atoms in total. The molecule has 2 aliphatic rings. The number of rotatable bonds is 2. The van der Waals surface area contributed by atoms with Crippen molar-refractivity contribution < 1.29 is 14.3 Å². The van der Waals surface area contributed by atoms with E-state index in [2.05, 4.69) is 9.55 Å². The van der Waals surface area contributed by atoms with Gasteiger partial charge in [0, 0.05) is 25.5 Å². The topological polar surface area (TPSA) is 56.6 Å². The van der Waals surface area contributed by atoms with E-state index in [1.54, 1.807) is 0 Å². The monoisotopic (exact) mass is 327 g/mol. The number of likely N-dealkylation sites (tertiary alicyclic amines) is 1. The van der Waals surface area contributed by atoms with Crippen molar-refractivity contribution in [2.45, 2.75) is 31.9 Å². The molecule has 6 heteroatoms. The summed E-state index contributed by atoms with van der Waals surface area (Å²) in [6.45, 7) is 3.72. The highest BCUT2D eigenvalue weighted by atomic mass is 16.6. The lowest BCUT2D eigenvalue weighted by atomic mass is 10.0. The van der Waals surface area contributed by atoms with Crippen LogP contribution in [0, 0.1) is 6.92 Å². The third-order valence-corrected chi connectivity index (χ3v) is 4.75. The average Bonchev–Trinajstić information content (AvgIpc) is 3.07. The summed E-state index contributed by atoms with van der Waals surface area (Å²) in [4.78, 5) is 19.0. The van der Waals surface area contributed by atoms with E-state index in [-0.39, 0.29) is 18.6 Å². The zero-order valence-electron chi connectivity index (χ0n) is 13.7. The number of nitrogens with zero attached hydrogens (tertiary/aromatic N) is 3. The summed E-state index contributed by atoms with van der Waals surface area (Å²) in [6.07, 6.45) is 5.28. The number of para-hydroxylation sites is 2. The van der Waals surface area contributed by atoms with Crippen LogP contribution in [0.3, 0.4) is 0 Å². The molecular formula is C18H21N3O3. The molecule has 2 unspecified atom stereocenters. The highest BCUT2D eigenvalue weighted by Crippen LogP contribution is 2.32. The van der Waals surface area contributed by atoms with E-state index in [9.17, 15) is 4.79 Å². The molecule has 0 radical (unpaired) electrons. The second-order valence-corrected chi connectivity index (χ2v) is 6.33. The van der Waals surface area contributed by atoms with Crippen LogP contribution in [-0.2, 0) is 4.79 Å². The second-order valence-electron chi connectivity index (χ2n) is 6.33. The number of benzene rings is 1. The molecule has 4 rings (SSSR count). The number of fused-ring (bicyclic) bond motifs is 1. The Balaban J connectivity index is 1.46. The first kappa shape index (κ1) is 15.1. The van der Waals surface area contributed by atoms with E-state index >= 15 is 0 Å². The molecule has 0 aliphatic carbocycles. The van der Waals surface area contributed by atoms with Crippen LogP contribution in [0.5, 0.6) is 11.5 Å². The Labute approximate surface area is 141 Å². The number of amides is 1. The lowest BCUT2D eigenvalue weighted by Gasteiger charge is -2.36. The maximum Gasteiger partial charge on any atom is 0.267 e. The standard InChI is InChI=1S/C18H21N3O3/c1-13-19-8-10-21(13)14-5-4-9-20(11-14)18(22)17-12-23-15-6-2-3-7-16(15)24-17/h2-3,6-8,10,14,17H,4-5,9,11-12H2,1H3. The molecule has 1 amide bonds. The van der Waals surface area contributed by atoms with E-state index in [0.29, 0.717) is 18.0 Å². The van der Waals surface area contributed by atoms with Gasteiger partial charge in [-0.2, -0.15) is 0 Å². The van der Waals surface area contributed by atoms with Gasteiger partial charge in [-0.1, -0.05) is 12.1 Å². The van der Waals surface area contributed by atoms with Gasteiger partial charge in [-0.15, -0.1) is 0 Å². The fourth-order valence-corrected chi connectivity index (χ4v) is 3.50. The van der Waals surface area contributed by atoms with Crippen LogP contribution in [0.1, 0.15) is 24.7 Å². The van der Waals surface area contributed by atoms with E-state index in [1.807, 2.05) is 48.5 Å². The highest BCUT2D eigenvalue weighted by Gasteiger charge is 2.34. The number of carbonyl (C=O) groups excluding carboxylic acids is 1. The maximum atomic E-state index is 12.9. The molecule has 1 aromatic carbocycles. The highest BCUT2D eigenvalue weighted by molar-refractivity contribution is 5.82. The van der Waals surface area contributed by atoms with E-state index in [0.717, 1.165) is 25.2 Å². The van der Waals surface area contributed by atoms with Gasteiger partial charge in [-0.05, 0) is 31.9 Å². The van der Waals surface area contributed by atoms with Crippen molar-refractivity contribution in [2.24, 2.45) is 0 Å². The van der Waals surface area contributed by atoms with Gasteiger partial charge in [0.15, 0.2) is 11.5 Å². The summed E-state index contributed by atoms with van der Waals surface area (Å²) in [6, 6.07) is 7.75. The summed E-state index contributed by atoms with van der Waals surface area (Å²) in [5.74, 6) is 2.33. The minimum Gasteiger partial charge on any atom is -0.485 e. The second kappa shape index (κ2) is 6.19. The fraction of sp³-hybridized carbons (Fsp3) is 0.444. The molecule has 0 spiro atoms. The van der Waals surface area contributed by atoms with Crippen LogP contribution >= 0.6 is 0 Å². The lowest BCUT2D eigenvalue weighted by molar-refractivity contribution is -0.142. The number of aryl methyl sites for hydroxylation is 1. The smallest absolute Gasteiger partial charge is 0.267 e. The Kier molecular flexibility index (Phi) is 3.88. The molecule has 1 aromatic heterocycles. The van der Waals surface area contributed by atoms with Gasteiger partial charge in [0.2, 0.25) is 6.10 Å². The van der Waals surface area contributed by atoms with Gasteiger partial charge in [-0.25, -0.2) is 4.98 Å². The molecule has 2 aliphatic heterocycles. The summed E-state index contributed by atoms with van der Waals surface area (Å²) in [7, 11) is 0. The minimum atomic E-state index is -0.567. The Morgan fingerprint density at radius 2 is 2.12 bits per heavy atom. The Morgan fingerprint density at radius 1 is 1.29 bits per heavy atom. The molecular weight excluding hydrogens is 306 g/mol. The summed E-state index contributed by atoms with van der Waals surface area (Å²) < 4.78 is 13.7. The van der Waals surface area contributed by atoms with Gasteiger partial charge in [0.25, 0.3) is 5.91 Å². The number of hydrogen-bond donors (Lipinski definition) is 0. The molecule has 0 saturated carbocycles.